The van der Waals surface area contributed by atoms with E-state index in [4.69, 9.17) is 5.73 Å². The van der Waals surface area contributed by atoms with Gasteiger partial charge in [-0.05, 0) is 25.0 Å². The molecule has 2 rings (SSSR count). The number of anilines is 2. The highest BCUT2D eigenvalue weighted by atomic mass is 19.4. The maximum Gasteiger partial charge on any atom is 0.418 e. The summed E-state index contributed by atoms with van der Waals surface area (Å²) in [6.07, 6.45) is -10.0. The van der Waals surface area contributed by atoms with Gasteiger partial charge in [0.15, 0.2) is 5.96 Å². The fourth-order valence-corrected chi connectivity index (χ4v) is 2.48. The van der Waals surface area contributed by atoms with Crippen LogP contribution in [0, 0.1) is 13.8 Å². The minimum Gasteiger partial charge on any atom is -0.398 e. The summed E-state index contributed by atoms with van der Waals surface area (Å²) < 4.78 is 80.0. The lowest BCUT2D eigenvalue weighted by molar-refractivity contribution is -0.142. The third-order valence-corrected chi connectivity index (χ3v) is 3.54. The predicted molar refractivity (Wildman–Crippen MR) is 74.3 cm³/mol. The third kappa shape index (κ3) is 3.15. The van der Waals surface area contributed by atoms with Gasteiger partial charge in [0.25, 0.3) is 0 Å². The number of halogens is 6. The Labute approximate surface area is 127 Å². The van der Waals surface area contributed by atoms with Crippen molar-refractivity contribution in [2.75, 3.05) is 24.1 Å². The Hall–Kier alpha value is -2.13. The second-order valence-corrected chi connectivity index (χ2v) is 5.07. The van der Waals surface area contributed by atoms with Crippen LogP contribution in [0.2, 0.25) is 0 Å². The maximum atomic E-state index is 13.3. The van der Waals surface area contributed by atoms with E-state index in [1.807, 2.05) is 0 Å². The summed E-state index contributed by atoms with van der Waals surface area (Å²) in [7, 11) is 0. The minimum atomic E-state index is -5.01. The van der Waals surface area contributed by atoms with Crippen LogP contribution >= 0.6 is 0 Å². The number of hydrogen-bond acceptors (Lipinski definition) is 4. The average Bonchev–Trinajstić information content (AvgIpc) is 2.85. The van der Waals surface area contributed by atoms with E-state index in [0.717, 1.165) is 13.8 Å². The molecule has 0 unspecified atom stereocenters. The van der Waals surface area contributed by atoms with Crippen LogP contribution in [0.5, 0.6) is 0 Å². The molecule has 10 heteroatoms. The molecule has 0 spiro atoms. The quantitative estimate of drug-likeness (QED) is 0.543. The fraction of sp³-hybridized carbons (Fsp3) is 0.462. The highest BCUT2D eigenvalue weighted by Gasteiger charge is 2.45. The Morgan fingerprint density at radius 3 is 1.83 bits per heavy atom. The molecule has 1 aliphatic heterocycles. The van der Waals surface area contributed by atoms with Gasteiger partial charge in [-0.15, -0.1) is 0 Å². The monoisotopic (exact) mass is 340 g/mol. The van der Waals surface area contributed by atoms with Crippen LogP contribution in [0.15, 0.2) is 4.99 Å². The van der Waals surface area contributed by atoms with Gasteiger partial charge < -0.3 is 16.4 Å². The van der Waals surface area contributed by atoms with E-state index in [9.17, 15) is 26.3 Å². The highest BCUT2D eigenvalue weighted by Crippen LogP contribution is 2.48. The lowest BCUT2D eigenvalue weighted by Crippen LogP contribution is -2.30. The number of nitrogens with one attached hydrogen (secondary N) is 2. The number of alkyl halides is 6. The van der Waals surface area contributed by atoms with Crippen LogP contribution in [0.4, 0.5) is 37.7 Å². The fourth-order valence-electron chi connectivity index (χ4n) is 2.48. The van der Waals surface area contributed by atoms with Gasteiger partial charge >= 0.3 is 12.4 Å². The Morgan fingerprint density at radius 2 is 1.48 bits per heavy atom. The van der Waals surface area contributed by atoms with Crippen molar-refractivity contribution < 1.29 is 26.3 Å². The first-order valence-electron chi connectivity index (χ1n) is 6.57. The van der Waals surface area contributed by atoms with Crippen LogP contribution in [0.1, 0.15) is 22.3 Å². The van der Waals surface area contributed by atoms with E-state index >= 15 is 0 Å². The molecule has 0 saturated heterocycles. The first kappa shape index (κ1) is 17.2. The molecule has 128 valence electrons. The van der Waals surface area contributed by atoms with Gasteiger partial charge in [0, 0.05) is 12.2 Å². The molecule has 0 fully saturated rings. The summed E-state index contributed by atoms with van der Waals surface area (Å²) in [5, 5.41) is 4.73. The van der Waals surface area contributed by atoms with Crippen molar-refractivity contribution in [3.8, 4) is 0 Å². The SMILES string of the molecule is Cc1c(N)c(C)c(C(F)(F)F)c(NC2=NCCN2)c1C(F)(F)F. The van der Waals surface area contributed by atoms with E-state index in [0.29, 0.717) is 6.54 Å². The summed E-state index contributed by atoms with van der Waals surface area (Å²) in [6.45, 7) is 2.68. The molecule has 1 aromatic carbocycles. The van der Waals surface area contributed by atoms with Crippen molar-refractivity contribution in [3.63, 3.8) is 0 Å². The summed E-state index contributed by atoms with van der Waals surface area (Å²) in [5.74, 6) is -0.135. The molecule has 23 heavy (non-hydrogen) atoms. The van der Waals surface area contributed by atoms with Crippen LogP contribution in [-0.4, -0.2) is 19.0 Å². The smallest absolute Gasteiger partial charge is 0.398 e. The van der Waals surface area contributed by atoms with Crippen molar-refractivity contribution in [1.29, 1.82) is 0 Å². The summed E-state index contributed by atoms with van der Waals surface area (Å²) in [5.41, 5.74) is 0.0781. The van der Waals surface area contributed by atoms with Crippen molar-refractivity contribution in [2.45, 2.75) is 26.2 Å². The number of guanidine groups is 1. The van der Waals surface area contributed by atoms with E-state index in [2.05, 4.69) is 15.6 Å². The number of nitrogens with zero attached hydrogens (tertiary/aromatic N) is 1. The van der Waals surface area contributed by atoms with Crippen molar-refractivity contribution in [2.24, 2.45) is 4.99 Å². The Kier molecular flexibility index (Phi) is 4.12. The molecule has 1 heterocycles. The van der Waals surface area contributed by atoms with E-state index in [1.54, 1.807) is 0 Å². The van der Waals surface area contributed by atoms with Crippen LogP contribution in [0.3, 0.4) is 0 Å². The molecule has 0 aliphatic carbocycles. The zero-order valence-electron chi connectivity index (χ0n) is 12.2. The number of nitrogens with two attached hydrogens (primary N) is 1. The molecule has 0 bridgehead atoms. The molecule has 4 nitrogen and oxygen atoms in total. The van der Waals surface area contributed by atoms with E-state index < -0.39 is 46.0 Å². The zero-order chi connectivity index (χ0) is 17.6. The van der Waals surface area contributed by atoms with Gasteiger partial charge in [-0.25, -0.2) is 0 Å². The maximum absolute atomic E-state index is 13.3. The first-order chi connectivity index (χ1) is 10.4. The summed E-state index contributed by atoms with van der Waals surface area (Å²) in [6, 6.07) is 0. The molecular formula is C13H14F6N4. The molecule has 1 aromatic rings. The third-order valence-electron chi connectivity index (χ3n) is 3.54. The van der Waals surface area contributed by atoms with Crippen LogP contribution in [-0.2, 0) is 12.4 Å². The molecule has 4 N–H and O–H groups in total. The number of nitrogen functional groups attached to an aromatic ring is 1. The van der Waals surface area contributed by atoms with Gasteiger partial charge in [-0.1, -0.05) is 0 Å². The van der Waals surface area contributed by atoms with E-state index in [-0.39, 0.29) is 12.5 Å². The predicted octanol–water partition coefficient (Wildman–Crippen LogP) is 3.29. The summed E-state index contributed by atoms with van der Waals surface area (Å²) in [4.78, 5) is 3.79. The Morgan fingerprint density at radius 1 is 1.00 bits per heavy atom. The molecule has 0 amide bonds. The standard InChI is InChI=1S/C13H14F6N4/c1-5-7(12(14,15)16)10(23-11-21-3-4-22-11)8(13(17,18)19)6(2)9(5)20/h3-4,20H2,1-2H3,(H2,21,22,23). The number of benzene rings is 1. The normalized spacial score (nSPS) is 15.4. The second kappa shape index (κ2) is 5.50. The van der Waals surface area contributed by atoms with Gasteiger partial charge in [-0.2, -0.15) is 26.3 Å². The van der Waals surface area contributed by atoms with Crippen LogP contribution < -0.4 is 16.4 Å². The molecule has 0 atom stereocenters. The Bertz CT molecular complexity index is 619. The Balaban J connectivity index is 2.81. The number of hydrogen-bond donors (Lipinski definition) is 3. The van der Waals surface area contributed by atoms with Crippen LogP contribution in [0.25, 0.3) is 0 Å². The van der Waals surface area contributed by atoms with Gasteiger partial charge in [0.05, 0.1) is 23.4 Å². The summed E-state index contributed by atoms with van der Waals surface area (Å²) >= 11 is 0. The lowest BCUT2D eigenvalue weighted by atomic mass is 9.93. The average molecular weight is 340 g/mol. The second-order valence-electron chi connectivity index (χ2n) is 5.07. The molecule has 0 saturated carbocycles. The lowest BCUT2D eigenvalue weighted by Gasteiger charge is -2.25. The molecule has 0 aromatic heterocycles. The van der Waals surface area contributed by atoms with E-state index in [1.165, 1.54) is 0 Å². The van der Waals surface area contributed by atoms with Gasteiger partial charge in [0.2, 0.25) is 0 Å². The van der Waals surface area contributed by atoms with Gasteiger partial charge in [-0.3, -0.25) is 4.99 Å². The number of rotatable bonds is 1. The molecule has 0 radical (unpaired) electrons. The minimum absolute atomic E-state index is 0.135. The first-order valence-corrected chi connectivity index (χ1v) is 6.57. The zero-order valence-corrected chi connectivity index (χ0v) is 12.2. The van der Waals surface area contributed by atoms with Crippen molar-refractivity contribution >= 4 is 17.3 Å². The molecule has 1 aliphatic rings. The largest absolute Gasteiger partial charge is 0.418 e. The van der Waals surface area contributed by atoms with Crippen molar-refractivity contribution in [3.05, 3.63) is 22.3 Å². The van der Waals surface area contributed by atoms with Crippen molar-refractivity contribution in [1.82, 2.24) is 5.32 Å². The van der Waals surface area contributed by atoms with Gasteiger partial charge in [0.1, 0.15) is 0 Å². The molecular weight excluding hydrogens is 326 g/mol. The number of aliphatic imine (C=N–C) groups is 1. The topological polar surface area (TPSA) is 62.4 Å². The highest BCUT2D eigenvalue weighted by molar-refractivity contribution is 5.97.